The SMILES string of the molecule is Cc1cc(-n2nc(C)c([N+](=O)[O-])c2C)n(C)n1. The molecule has 0 aromatic carbocycles. The number of rotatable bonds is 2. The van der Waals surface area contributed by atoms with E-state index in [1.807, 2.05) is 13.0 Å². The third kappa shape index (κ3) is 1.69. The van der Waals surface area contributed by atoms with Gasteiger partial charge in [0, 0.05) is 13.1 Å². The molecule has 0 radical (unpaired) electrons. The summed E-state index contributed by atoms with van der Waals surface area (Å²) in [4.78, 5) is 10.5. The first kappa shape index (κ1) is 11.3. The lowest BCUT2D eigenvalue weighted by Gasteiger charge is -2.02. The van der Waals surface area contributed by atoms with E-state index in [1.54, 1.807) is 30.3 Å². The molecule has 0 aliphatic carbocycles. The Morgan fingerprint density at radius 3 is 2.35 bits per heavy atom. The van der Waals surface area contributed by atoms with E-state index in [4.69, 9.17) is 0 Å². The number of hydrogen-bond donors (Lipinski definition) is 0. The van der Waals surface area contributed by atoms with E-state index in [-0.39, 0.29) is 5.69 Å². The topological polar surface area (TPSA) is 78.8 Å². The van der Waals surface area contributed by atoms with Gasteiger partial charge >= 0.3 is 5.69 Å². The molecule has 2 aromatic heterocycles. The maximum absolute atomic E-state index is 10.9. The van der Waals surface area contributed by atoms with Gasteiger partial charge in [0.15, 0.2) is 5.82 Å². The number of aromatic nitrogens is 4. The minimum absolute atomic E-state index is 0.0591. The normalized spacial score (nSPS) is 10.8. The molecule has 2 heterocycles. The Labute approximate surface area is 97.8 Å². The second-order valence-electron chi connectivity index (χ2n) is 3.96. The quantitative estimate of drug-likeness (QED) is 0.582. The van der Waals surface area contributed by atoms with Crippen LogP contribution in [0, 0.1) is 30.9 Å². The number of nitrogens with zero attached hydrogens (tertiary/aromatic N) is 5. The predicted octanol–water partition coefficient (Wildman–Crippen LogP) is 1.44. The molecule has 17 heavy (non-hydrogen) atoms. The number of aryl methyl sites for hydroxylation is 3. The number of nitro groups is 1. The zero-order valence-electron chi connectivity index (χ0n) is 10.1. The Kier molecular flexibility index (Phi) is 2.45. The van der Waals surface area contributed by atoms with Gasteiger partial charge < -0.3 is 0 Å². The van der Waals surface area contributed by atoms with Crippen LogP contribution in [-0.2, 0) is 7.05 Å². The minimum Gasteiger partial charge on any atom is -0.258 e. The van der Waals surface area contributed by atoms with Gasteiger partial charge in [-0.05, 0) is 20.8 Å². The summed E-state index contributed by atoms with van der Waals surface area (Å²) in [5.41, 5.74) is 1.82. The Balaban J connectivity index is 2.65. The van der Waals surface area contributed by atoms with E-state index < -0.39 is 4.92 Å². The molecule has 7 nitrogen and oxygen atoms in total. The average Bonchev–Trinajstić information content (AvgIpc) is 2.67. The van der Waals surface area contributed by atoms with Gasteiger partial charge in [0.25, 0.3) is 0 Å². The summed E-state index contributed by atoms with van der Waals surface area (Å²) in [5, 5.41) is 19.3. The largest absolute Gasteiger partial charge is 0.313 e. The Morgan fingerprint density at radius 1 is 1.29 bits per heavy atom. The summed E-state index contributed by atoms with van der Waals surface area (Å²) in [6.07, 6.45) is 0. The highest BCUT2D eigenvalue weighted by Crippen LogP contribution is 2.24. The molecular weight excluding hydrogens is 222 g/mol. The van der Waals surface area contributed by atoms with Gasteiger partial charge in [-0.15, -0.1) is 0 Å². The van der Waals surface area contributed by atoms with Gasteiger partial charge in [-0.2, -0.15) is 10.2 Å². The lowest BCUT2D eigenvalue weighted by Crippen LogP contribution is -2.06. The Hall–Kier alpha value is -2.18. The molecule has 0 unspecified atom stereocenters. The molecular formula is C10H13N5O2. The van der Waals surface area contributed by atoms with E-state index in [0.717, 1.165) is 11.5 Å². The fourth-order valence-electron chi connectivity index (χ4n) is 1.92. The van der Waals surface area contributed by atoms with Gasteiger partial charge in [-0.25, -0.2) is 4.68 Å². The zero-order valence-corrected chi connectivity index (χ0v) is 10.1. The van der Waals surface area contributed by atoms with Crippen molar-refractivity contribution < 1.29 is 4.92 Å². The van der Waals surface area contributed by atoms with E-state index in [1.165, 1.54) is 0 Å². The van der Waals surface area contributed by atoms with Crippen LogP contribution in [0.5, 0.6) is 0 Å². The highest BCUT2D eigenvalue weighted by molar-refractivity contribution is 5.43. The summed E-state index contributed by atoms with van der Waals surface area (Å²) in [6, 6.07) is 1.84. The van der Waals surface area contributed by atoms with Crippen molar-refractivity contribution in [2.24, 2.45) is 7.05 Å². The predicted molar refractivity (Wildman–Crippen MR) is 61.2 cm³/mol. The Morgan fingerprint density at radius 2 is 1.94 bits per heavy atom. The smallest absolute Gasteiger partial charge is 0.258 e. The van der Waals surface area contributed by atoms with Crippen LogP contribution in [0.4, 0.5) is 5.69 Å². The summed E-state index contributed by atoms with van der Waals surface area (Å²) in [5.74, 6) is 0.719. The van der Waals surface area contributed by atoms with Crippen molar-refractivity contribution >= 4 is 5.69 Å². The van der Waals surface area contributed by atoms with Crippen molar-refractivity contribution in [2.75, 3.05) is 0 Å². The van der Waals surface area contributed by atoms with Gasteiger partial charge in [0.1, 0.15) is 11.4 Å². The molecule has 0 saturated carbocycles. The first-order chi connectivity index (χ1) is 7.91. The summed E-state index contributed by atoms with van der Waals surface area (Å²) in [7, 11) is 1.78. The van der Waals surface area contributed by atoms with Crippen molar-refractivity contribution in [1.29, 1.82) is 0 Å². The summed E-state index contributed by atoms with van der Waals surface area (Å²) >= 11 is 0. The van der Waals surface area contributed by atoms with Crippen LogP contribution in [0.2, 0.25) is 0 Å². The van der Waals surface area contributed by atoms with E-state index >= 15 is 0 Å². The molecule has 7 heteroatoms. The monoisotopic (exact) mass is 235 g/mol. The lowest BCUT2D eigenvalue weighted by molar-refractivity contribution is -0.386. The second-order valence-corrected chi connectivity index (χ2v) is 3.96. The zero-order chi connectivity index (χ0) is 12.7. The van der Waals surface area contributed by atoms with Crippen LogP contribution in [0.25, 0.3) is 5.82 Å². The van der Waals surface area contributed by atoms with Gasteiger partial charge in [-0.1, -0.05) is 0 Å². The van der Waals surface area contributed by atoms with Crippen molar-refractivity contribution in [1.82, 2.24) is 19.6 Å². The lowest BCUT2D eigenvalue weighted by atomic mass is 10.3. The van der Waals surface area contributed by atoms with E-state index in [9.17, 15) is 10.1 Å². The van der Waals surface area contributed by atoms with Crippen molar-refractivity contribution in [2.45, 2.75) is 20.8 Å². The van der Waals surface area contributed by atoms with Crippen molar-refractivity contribution in [3.8, 4) is 5.82 Å². The van der Waals surface area contributed by atoms with Gasteiger partial charge in [0.2, 0.25) is 0 Å². The van der Waals surface area contributed by atoms with Crippen LogP contribution in [0.15, 0.2) is 6.07 Å². The first-order valence-corrected chi connectivity index (χ1v) is 5.13. The molecule has 0 aliphatic rings. The maximum Gasteiger partial charge on any atom is 0.313 e. The van der Waals surface area contributed by atoms with E-state index in [0.29, 0.717) is 11.4 Å². The molecule has 0 amide bonds. The van der Waals surface area contributed by atoms with Crippen molar-refractivity contribution in [3.63, 3.8) is 0 Å². The molecule has 0 aliphatic heterocycles. The first-order valence-electron chi connectivity index (χ1n) is 5.13. The second kappa shape index (κ2) is 3.69. The highest BCUT2D eigenvalue weighted by Gasteiger charge is 2.23. The maximum atomic E-state index is 10.9. The van der Waals surface area contributed by atoms with Crippen LogP contribution < -0.4 is 0 Å². The number of hydrogen-bond acceptors (Lipinski definition) is 4. The molecule has 0 bridgehead atoms. The molecule has 0 fully saturated rings. The van der Waals surface area contributed by atoms with E-state index in [2.05, 4.69) is 10.2 Å². The fraction of sp³-hybridized carbons (Fsp3) is 0.400. The van der Waals surface area contributed by atoms with Crippen LogP contribution in [-0.4, -0.2) is 24.5 Å². The third-order valence-electron chi connectivity index (χ3n) is 2.63. The molecule has 0 N–H and O–H groups in total. The molecule has 0 saturated heterocycles. The molecule has 2 aromatic rings. The molecule has 90 valence electrons. The van der Waals surface area contributed by atoms with Crippen LogP contribution in [0.1, 0.15) is 17.1 Å². The summed E-state index contributed by atoms with van der Waals surface area (Å²) in [6.45, 7) is 5.18. The third-order valence-corrected chi connectivity index (χ3v) is 2.63. The standard InChI is InChI=1S/C10H13N5O2/c1-6-5-9(13(4)11-6)14-8(3)10(15(16)17)7(2)12-14/h5H,1-4H3. The molecule has 0 atom stereocenters. The molecule has 2 rings (SSSR count). The fourth-order valence-corrected chi connectivity index (χ4v) is 1.92. The van der Waals surface area contributed by atoms with Crippen LogP contribution >= 0.6 is 0 Å². The highest BCUT2D eigenvalue weighted by atomic mass is 16.6. The Bertz CT molecular complexity index is 596. The summed E-state index contributed by atoms with van der Waals surface area (Å²) < 4.78 is 3.20. The average molecular weight is 235 g/mol. The van der Waals surface area contributed by atoms with Crippen LogP contribution in [0.3, 0.4) is 0 Å². The molecule has 0 spiro atoms. The minimum atomic E-state index is -0.405. The van der Waals surface area contributed by atoms with Gasteiger partial charge in [-0.3, -0.25) is 14.8 Å². The van der Waals surface area contributed by atoms with Gasteiger partial charge in [0.05, 0.1) is 10.6 Å². The van der Waals surface area contributed by atoms with Crippen molar-refractivity contribution in [3.05, 3.63) is 33.3 Å².